The monoisotopic (exact) mass is 351 g/mol. The lowest BCUT2D eigenvalue weighted by Crippen LogP contribution is -2.42. The van der Waals surface area contributed by atoms with Gasteiger partial charge in [-0.15, -0.1) is 0 Å². The van der Waals surface area contributed by atoms with Gasteiger partial charge in [-0.3, -0.25) is 9.59 Å². The van der Waals surface area contributed by atoms with Crippen molar-refractivity contribution in [3.05, 3.63) is 65.7 Å². The van der Waals surface area contributed by atoms with Gasteiger partial charge in [0, 0.05) is 18.2 Å². The Kier molecular flexibility index (Phi) is 5.71. The molecule has 1 aliphatic carbocycles. The number of benzene rings is 2. The van der Waals surface area contributed by atoms with Crippen LogP contribution in [0.25, 0.3) is 0 Å². The van der Waals surface area contributed by atoms with Crippen LogP contribution in [-0.4, -0.2) is 29.2 Å². The van der Waals surface area contributed by atoms with E-state index in [1.807, 2.05) is 35.2 Å². The predicted octanol–water partition coefficient (Wildman–Crippen LogP) is 4.10. The van der Waals surface area contributed by atoms with Gasteiger partial charge in [0.15, 0.2) is 12.4 Å². The first kappa shape index (κ1) is 18.2. The molecule has 1 saturated carbocycles. The van der Waals surface area contributed by atoms with Crippen molar-refractivity contribution < 1.29 is 14.3 Å². The van der Waals surface area contributed by atoms with Crippen LogP contribution in [-0.2, 0) is 11.3 Å². The molecule has 1 aliphatic rings. The largest absolute Gasteiger partial charge is 0.484 e. The Morgan fingerprint density at radius 2 is 1.85 bits per heavy atom. The van der Waals surface area contributed by atoms with Crippen molar-refractivity contribution in [2.45, 2.75) is 39.3 Å². The fourth-order valence-electron chi connectivity index (χ4n) is 3.11. The topological polar surface area (TPSA) is 46.6 Å². The van der Waals surface area contributed by atoms with E-state index in [-0.39, 0.29) is 24.3 Å². The second-order valence-corrected chi connectivity index (χ2v) is 6.96. The number of Topliss-reactive ketones (excluding diaryl/α,β-unsaturated/α-hetero) is 1. The number of hydrogen-bond acceptors (Lipinski definition) is 3. The Morgan fingerprint density at radius 3 is 2.50 bits per heavy atom. The van der Waals surface area contributed by atoms with Crippen LogP contribution in [0.15, 0.2) is 54.6 Å². The number of ether oxygens (including phenoxy) is 1. The molecular formula is C22H25NO3. The van der Waals surface area contributed by atoms with Gasteiger partial charge >= 0.3 is 0 Å². The zero-order valence-electron chi connectivity index (χ0n) is 15.4. The van der Waals surface area contributed by atoms with Crippen molar-refractivity contribution in [2.24, 2.45) is 5.92 Å². The molecule has 4 heteroatoms. The minimum absolute atomic E-state index is 0.0187. The van der Waals surface area contributed by atoms with Gasteiger partial charge in [0.05, 0.1) is 0 Å². The Balaban J connectivity index is 1.67. The molecule has 0 aliphatic heterocycles. The number of carbonyl (C=O) groups excluding carboxylic acids is 2. The van der Waals surface area contributed by atoms with Crippen molar-refractivity contribution in [1.82, 2.24) is 4.90 Å². The molecular weight excluding hydrogens is 326 g/mol. The molecule has 0 spiro atoms. The molecule has 0 aromatic heterocycles. The Hall–Kier alpha value is -2.62. The summed E-state index contributed by atoms with van der Waals surface area (Å²) in [6.07, 6.45) is 2.36. The molecule has 1 unspecified atom stereocenters. The van der Waals surface area contributed by atoms with Gasteiger partial charge in [-0.1, -0.05) is 42.5 Å². The van der Waals surface area contributed by atoms with Crippen LogP contribution in [0.3, 0.4) is 0 Å². The number of ketones is 1. The van der Waals surface area contributed by atoms with Gasteiger partial charge in [-0.2, -0.15) is 0 Å². The van der Waals surface area contributed by atoms with E-state index in [1.165, 1.54) is 19.8 Å². The van der Waals surface area contributed by atoms with E-state index in [0.717, 1.165) is 5.56 Å². The zero-order chi connectivity index (χ0) is 18.5. The Bertz CT molecular complexity index is 768. The highest BCUT2D eigenvalue weighted by Crippen LogP contribution is 2.35. The van der Waals surface area contributed by atoms with Crippen LogP contribution in [0.4, 0.5) is 0 Å². The lowest BCUT2D eigenvalue weighted by molar-refractivity contribution is -0.136. The Labute approximate surface area is 154 Å². The molecule has 1 fully saturated rings. The van der Waals surface area contributed by atoms with E-state index in [9.17, 15) is 9.59 Å². The first-order valence-electron chi connectivity index (χ1n) is 9.12. The normalized spacial score (nSPS) is 14.5. The maximum Gasteiger partial charge on any atom is 0.261 e. The summed E-state index contributed by atoms with van der Waals surface area (Å²) in [7, 11) is 0. The molecule has 2 aromatic rings. The van der Waals surface area contributed by atoms with Crippen LogP contribution in [0.5, 0.6) is 5.75 Å². The molecule has 0 saturated heterocycles. The first-order chi connectivity index (χ1) is 12.5. The molecule has 1 amide bonds. The third kappa shape index (κ3) is 4.72. The molecule has 0 radical (unpaired) electrons. The fourth-order valence-corrected chi connectivity index (χ4v) is 3.11. The molecule has 0 N–H and O–H groups in total. The second-order valence-electron chi connectivity index (χ2n) is 6.96. The summed E-state index contributed by atoms with van der Waals surface area (Å²) < 4.78 is 5.68. The van der Waals surface area contributed by atoms with Crippen molar-refractivity contribution in [1.29, 1.82) is 0 Å². The lowest BCUT2D eigenvalue weighted by Gasteiger charge is -2.29. The smallest absolute Gasteiger partial charge is 0.261 e. The highest BCUT2D eigenvalue weighted by atomic mass is 16.5. The van der Waals surface area contributed by atoms with Crippen LogP contribution in [0, 0.1) is 5.92 Å². The zero-order valence-corrected chi connectivity index (χ0v) is 15.4. The second kappa shape index (κ2) is 8.17. The molecule has 26 heavy (non-hydrogen) atoms. The number of hydrogen-bond donors (Lipinski definition) is 0. The van der Waals surface area contributed by atoms with Crippen molar-refractivity contribution in [3.63, 3.8) is 0 Å². The highest BCUT2D eigenvalue weighted by Gasteiger charge is 2.34. The third-order valence-corrected chi connectivity index (χ3v) is 4.91. The first-order valence-corrected chi connectivity index (χ1v) is 9.12. The minimum Gasteiger partial charge on any atom is -0.484 e. The van der Waals surface area contributed by atoms with Gasteiger partial charge < -0.3 is 9.64 Å². The van der Waals surface area contributed by atoms with E-state index >= 15 is 0 Å². The number of carbonyl (C=O) groups is 2. The summed E-state index contributed by atoms with van der Waals surface area (Å²) in [5, 5.41) is 0. The maximum atomic E-state index is 12.8. The molecule has 136 valence electrons. The van der Waals surface area contributed by atoms with Crippen LogP contribution < -0.4 is 4.74 Å². The molecule has 0 bridgehead atoms. The number of nitrogens with zero attached hydrogens (tertiary/aromatic N) is 1. The van der Waals surface area contributed by atoms with Gasteiger partial charge in [-0.25, -0.2) is 0 Å². The highest BCUT2D eigenvalue weighted by molar-refractivity contribution is 5.94. The Morgan fingerprint density at radius 1 is 1.12 bits per heavy atom. The summed E-state index contributed by atoms with van der Waals surface area (Å²) in [4.78, 5) is 26.3. The molecule has 4 nitrogen and oxygen atoms in total. The van der Waals surface area contributed by atoms with Crippen LogP contribution >= 0.6 is 0 Å². The van der Waals surface area contributed by atoms with Gasteiger partial charge in [0.2, 0.25) is 0 Å². The molecule has 2 aromatic carbocycles. The molecule has 1 atom stereocenters. The van der Waals surface area contributed by atoms with Crippen LogP contribution in [0.2, 0.25) is 0 Å². The maximum absolute atomic E-state index is 12.8. The van der Waals surface area contributed by atoms with E-state index in [0.29, 0.717) is 23.8 Å². The summed E-state index contributed by atoms with van der Waals surface area (Å²) >= 11 is 0. The average molecular weight is 351 g/mol. The van der Waals surface area contributed by atoms with Gasteiger partial charge in [0.1, 0.15) is 5.75 Å². The minimum atomic E-state index is -0.0264. The van der Waals surface area contributed by atoms with Gasteiger partial charge in [0.25, 0.3) is 5.91 Å². The fraction of sp³-hybridized carbons (Fsp3) is 0.364. The van der Waals surface area contributed by atoms with Crippen molar-refractivity contribution >= 4 is 11.7 Å². The lowest BCUT2D eigenvalue weighted by atomic mass is 10.1. The summed E-state index contributed by atoms with van der Waals surface area (Å²) in [5.41, 5.74) is 1.70. The summed E-state index contributed by atoms with van der Waals surface area (Å²) in [5.74, 6) is 1.09. The van der Waals surface area contributed by atoms with E-state index in [4.69, 9.17) is 4.74 Å². The third-order valence-electron chi connectivity index (χ3n) is 4.91. The van der Waals surface area contributed by atoms with Gasteiger partial charge in [-0.05, 0) is 50.3 Å². The summed E-state index contributed by atoms with van der Waals surface area (Å²) in [6, 6.07) is 17.2. The number of rotatable bonds is 8. The summed E-state index contributed by atoms with van der Waals surface area (Å²) in [6.45, 7) is 4.21. The van der Waals surface area contributed by atoms with E-state index in [2.05, 4.69) is 6.92 Å². The molecule has 0 heterocycles. The van der Waals surface area contributed by atoms with Crippen LogP contribution in [0.1, 0.15) is 42.6 Å². The molecule has 3 rings (SSSR count). The van der Waals surface area contributed by atoms with Crippen molar-refractivity contribution in [2.75, 3.05) is 6.61 Å². The number of amides is 1. The average Bonchev–Trinajstić information content (AvgIpc) is 3.50. The van der Waals surface area contributed by atoms with E-state index in [1.54, 1.807) is 24.3 Å². The van der Waals surface area contributed by atoms with E-state index < -0.39 is 0 Å². The standard InChI is InChI=1S/C22H25NO3/c1-16(19-11-12-19)23(14-18-7-4-3-5-8-18)22(25)15-26-21-10-6-9-20(13-21)17(2)24/h3-10,13,16,19H,11-12,14-15H2,1-2H3. The van der Waals surface area contributed by atoms with Crippen molar-refractivity contribution in [3.8, 4) is 5.75 Å². The predicted molar refractivity (Wildman–Crippen MR) is 101 cm³/mol. The quantitative estimate of drug-likeness (QED) is 0.673. The SMILES string of the molecule is CC(=O)c1cccc(OCC(=O)N(Cc2ccccc2)C(C)C2CC2)c1.